The number of nitrogens with zero attached hydrogens (tertiary/aromatic N) is 2. The molecule has 174 valence electrons. The summed E-state index contributed by atoms with van der Waals surface area (Å²) < 4.78 is 35.5. The Hall–Kier alpha value is -2.92. The summed E-state index contributed by atoms with van der Waals surface area (Å²) in [4.78, 5) is 23.5. The maximum absolute atomic E-state index is 13.0. The fourth-order valence-corrected chi connectivity index (χ4v) is 4.79. The minimum absolute atomic E-state index is 0.0138. The first-order chi connectivity index (χ1) is 15.1. The Bertz CT molecular complexity index is 1100. The van der Waals surface area contributed by atoms with Gasteiger partial charge in [-0.1, -0.05) is 26.7 Å². The predicted octanol–water partition coefficient (Wildman–Crippen LogP) is 2.97. The fourth-order valence-electron chi connectivity index (χ4n) is 3.43. The molecule has 0 bridgehead atoms. The third-order valence-electron chi connectivity index (χ3n) is 5.18. The van der Waals surface area contributed by atoms with Crippen LogP contribution in [-0.2, 0) is 21.9 Å². The van der Waals surface area contributed by atoms with Crippen molar-refractivity contribution in [1.29, 1.82) is 0 Å². The van der Waals surface area contributed by atoms with E-state index < -0.39 is 16.0 Å². The average Bonchev–Trinajstić information content (AvgIpc) is 3.38. The van der Waals surface area contributed by atoms with Crippen molar-refractivity contribution in [2.24, 2.45) is 18.9 Å². The molecular formula is C21H28N4O6S. The van der Waals surface area contributed by atoms with E-state index in [1.807, 2.05) is 13.8 Å². The number of rotatable bonds is 9. The van der Waals surface area contributed by atoms with E-state index in [1.165, 1.54) is 29.9 Å². The van der Waals surface area contributed by atoms with Gasteiger partial charge in [0.1, 0.15) is 10.6 Å². The number of aromatic carboxylic acids is 1. The Labute approximate surface area is 187 Å². The van der Waals surface area contributed by atoms with Gasteiger partial charge in [-0.15, -0.1) is 0 Å². The molecule has 0 unspecified atom stereocenters. The number of anilines is 1. The van der Waals surface area contributed by atoms with E-state index in [1.54, 1.807) is 6.07 Å². The number of nitrogens with one attached hydrogen (secondary N) is 2. The van der Waals surface area contributed by atoms with Crippen molar-refractivity contribution in [2.45, 2.75) is 44.4 Å². The molecule has 0 aliphatic heterocycles. The minimum atomic E-state index is -3.98. The third kappa shape index (κ3) is 5.65. The molecule has 3 N–H and O–H groups in total. The number of hydrogen-bond acceptors (Lipinski definition) is 6. The van der Waals surface area contributed by atoms with E-state index in [0.717, 1.165) is 25.7 Å². The smallest absolute Gasteiger partial charge is 0.356 e. The summed E-state index contributed by atoms with van der Waals surface area (Å²) in [6.45, 7) is 3.97. The van der Waals surface area contributed by atoms with Gasteiger partial charge < -0.3 is 15.2 Å². The van der Waals surface area contributed by atoms with Crippen LogP contribution in [-0.4, -0.2) is 41.7 Å². The van der Waals surface area contributed by atoms with Gasteiger partial charge in [0, 0.05) is 31.3 Å². The Kier molecular flexibility index (Phi) is 7.19. The van der Waals surface area contributed by atoms with E-state index in [-0.39, 0.29) is 46.5 Å². The molecule has 1 amide bonds. The van der Waals surface area contributed by atoms with Crippen LogP contribution in [0.25, 0.3) is 0 Å². The van der Waals surface area contributed by atoms with E-state index in [2.05, 4.69) is 15.1 Å². The second-order valence-electron chi connectivity index (χ2n) is 8.28. The lowest BCUT2D eigenvalue weighted by Crippen LogP contribution is -2.28. The summed E-state index contributed by atoms with van der Waals surface area (Å²) >= 11 is 0. The predicted molar refractivity (Wildman–Crippen MR) is 117 cm³/mol. The lowest BCUT2D eigenvalue weighted by Gasteiger charge is -2.16. The van der Waals surface area contributed by atoms with Gasteiger partial charge >= 0.3 is 5.97 Å². The molecule has 11 heteroatoms. The molecule has 1 aromatic heterocycles. The highest BCUT2D eigenvalue weighted by atomic mass is 32.2. The van der Waals surface area contributed by atoms with Gasteiger partial charge in [0.15, 0.2) is 5.69 Å². The van der Waals surface area contributed by atoms with Crippen LogP contribution in [0.4, 0.5) is 5.69 Å². The van der Waals surface area contributed by atoms with Crippen molar-refractivity contribution in [3.63, 3.8) is 0 Å². The second kappa shape index (κ2) is 9.70. The number of hydrogen-bond donors (Lipinski definition) is 3. The molecule has 0 atom stereocenters. The zero-order valence-corrected chi connectivity index (χ0v) is 19.1. The maximum atomic E-state index is 13.0. The second-order valence-corrected chi connectivity index (χ2v) is 10.0. The summed E-state index contributed by atoms with van der Waals surface area (Å²) in [5.41, 5.74) is 0.112. The average molecular weight is 465 g/mol. The lowest BCUT2D eigenvalue weighted by atomic mass is 10.1. The molecule has 10 nitrogen and oxygen atoms in total. The van der Waals surface area contributed by atoms with Crippen molar-refractivity contribution < 1.29 is 27.9 Å². The minimum Gasteiger partial charge on any atom is -0.476 e. The van der Waals surface area contributed by atoms with Crippen LogP contribution in [0, 0.1) is 11.8 Å². The molecule has 2 aromatic rings. The van der Waals surface area contributed by atoms with Crippen LogP contribution in [0.3, 0.4) is 0 Å². The normalized spacial score (nSPS) is 14.6. The van der Waals surface area contributed by atoms with Crippen LogP contribution in [0.5, 0.6) is 11.6 Å². The monoisotopic (exact) mass is 464 g/mol. The number of carboxylic acid groups (broad SMARTS) is 1. The van der Waals surface area contributed by atoms with Crippen LogP contribution >= 0.6 is 0 Å². The highest BCUT2D eigenvalue weighted by Crippen LogP contribution is 2.32. The number of amides is 1. The Balaban J connectivity index is 1.94. The van der Waals surface area contributed by atoms with Crippen molar-refractivity contribution in [2.75, 3.05) is 11.9 Å². The van der Waals surface area contributed by atoms with Crippen molar-refractivity contribution in [3.8, 4) is 11.6 Å². The van der Waals surface area contributed by atoms with Gasteiger partial charge in [0.05, 0.1) is 0 Å². The number of carboxylic acids is 1. The van der Waals surface area contributed by atoms with E-state index in [0.29, 0.717) is 5.69 Å². The molecule has 0 radical (unpaired) electrons. The first-order valence-corrected chi connectivity index (χ1v) is 11.9. The molecule has 1 aromatic carbocycles. The van der Waals surface area contributed by atoms with Crippen molar-refractivity contribution in [3.05, 3.63) is 30.0 Å². The van der Waals surface area contributed by atoms with E-state index in [4.69, 9.17) is 9.84 Å². The number of benzene rings is 1. The van der Waals surface area contributed by atoms with E-state index in [9.17, 15) is 18.0 Å². The number of sulfonamides is 1. The molecule has 1 saturated carbocycles. The van der Waals surface area contributed by atoms with Gasteiger partial charge in [0.25, 0.3) is 0 Å². The largest absolute Gasteiger partial charge is 0.476 e. The highest BCUT2D eigenvalue weighted by molar-refractivity contribution is 7.89. The van der Waals surface area contributed by atoms with Crippen molar-refractivity contribution in [1.82, 2.24) is 14.5 Å². The fraction of sp³-hybridized carbons (Fsp3) is 0.476. The van der Waals surface area contributed by atoms with Crippen LogP contribution < -0.4 is 14.8 Å². The Morgan fingerprint density at radius 3 is 2.53 bits per heavy atom. The van der Waals surface area contributed by atoms with Crippen LogP contribution in [0.2, 0.25) is 0 Å². The van der Waals surface area contributed by atoms with Gasteiger partial charge in [-0.25, -0.2) is 22.6 Å². The first-order valence-electron chi connectivity index (χ1n) is 10.5. The summed E-state index contributed by atoms with van der Waals surface area (Å²) in [7, 11) is -2.49. The quantitative estimate of drug-likeness (QED) is 0.518. The molecule has 1 aliphatic rings. The molecule has 3 rings (SSSR count). The Morgan fingerprint density at radius 1 is 1.25 bits per heavy atom. The third-order valence-corrected chi connectivity index (χ3v) is 6.62. The van der Waals surface area contributed by atoms with Gasteiger partial charge in [-0.05, 0) is 37.0 Å². The molecule has 0 saturated heterocycles. The van der Waals surface area contributed by atoms with Gasteiger partial charge in [-0.3, -0.25) is 4.79 Å². The maximum Gasteiger partial charge on any atom is 0.356 e. The summed E-state index contributed by atoms with van der Waals surface area (Å²) in [6, 6.07) is 5.54. The van der Waals surface area contributed by atoms with Crippen LogP contribution in [0.15, 0.2) is 29.2 Å². The SMILES string of the molecule is CC(C)CNS(=O)(=O)c1cc(NC(=O)C2CCCC2)ccc1Oc1cc(C(=O)O)nn1C. The van der Waals surface area contributed by atoms with E-state index >= 15 is 0 Å². The standard InChI is InChI=1S/C21H28N4O6S/c1-13(2)12-22-32(29,30)18-10-15(23-20(26)14-6-4-5-7-14)8-9-17(18)31-19-11-16(21(27)28)24-25(19)3/h8-11,13-14,22H,4-7,12H2,1-3H3,(H,23,26)(H,27,28). The molecule has 1 heterocycles. The highest BCUT2D eigenvalue weighted by Gasteiger charge is 2.25. The number of carbonyl (C=O) groups excluding carboxylic acids is 1. The number of aromatic nitrogens is 2. The van der Waals surface area contributed by atoms with Gasteiger partial charge in [0.2, 0.25) is 21.8 Å². The van der Waals surface area contributed by atoms with Crippen LogP contribution in [0.1, 0.15) is 50.0 Å². The first kappa shape index (κ1) is 23.7. The van der Waals surface area contributed by atoms with Gasteiger partial charge in [-0.2, -0.15) is 5.10 Å². The zero-order valence-electron chi connectivity index (χ0n) is 18.3. The topological polar surface area (TPSA) is 140 Å². The molecule has 1 fully saturated rings. The lowest BCUT2D eigenvalue weighted by molar-refractivity contribution is -0.119. The molecular weight excluding hydrogens is 436 g/mol. The molecule has 1 aliphatic carbocycles. The molecule has 0 spiro atoms. The van der Waals surface area contributed by atoms with Crippen molar-refractivity contribution >= 4 is 27.6 Å². The molecule has 32 heavy (non-hydrogen) atoms. The summed E-state index contributed by atoms with van der Waals surface area (Å²) in [5, 5.41) is 15.8. The Morgan fingerprint density at radius 2 is 1.94 bits per heavy atom. The number of ether oxygens (including phenoxy) is 1. The summed E-state index contributed by atoms with van der Waals surface area (Å²) in [6.07, 6.45) is 3.65. The number of carbonyl (C=O) groups is 2. The zero-order chi connectivity index (χ0) is 23.5. The summed E-state index contributed by atoms with van der Waals surface area (Å²) in [5.74, 6) is -1.31. The number of aryl methyl sites for hydroxylation is 1.